The molecule has 0 saturated heterocycles. The molecule has 1 aromatic carbocycles. The first kappa shape index (κ1) is 37.5. The largest absolute Gasteiger partial charge is 0.487 e. The molecule has 20 heteroatoms. The summed E-state index contributed by atoms with van der Waals surface area (Å²) in [5, 5.41) is 26.6. The molecule has 1 aromatic heterocycles. The number of aliphatic carboxylic acids is 1. The van der Waals surface area contributed by atoms with Gasteiger partial charge in [0.2, 0.25) is 29.6 Å². The summed E-state index contributed by atoms with van der Waals surface area (Å²) in [5.41, 5.74) is 8.38. The van der Waals surface area contributed by atoms with Crippen LogP contribution in [-0.4, -0.2) is 94.9 Å². The number of aromatic nitrogens is 3. The van der Waals surface area contributed by atoms with E-state index in [4.69, 9.17) is 10.5 Å². The van der Waals surface area contributed by atoms with Crippen LogP contribution in [0.25, 0.3) is 0 Å². The number of nitrogens with two attached hydrogens (primary N) is 1. The van der Waals surface area contributed by atoms with Gasteiger partial charge < -0.3 is 36.8 Å². The van der Waals surface area contributed by atoms with Crippen LogP contribution < -0.4 is 36.5 Å². The molecular weight excluding hydrogens is 676 g/mol. The minimum Gasteiger partial charge on any atom is -0.487 e. The smallest absolute Gasteiger partial charge is 0.305 e. The number of carboxylic acids is 1. The topological polar surface area (TPSA) is 278 Å². The minimum atomic E-state index is -4.14. The van der Waals surface area contributed by atoms with Crippen molar-refractivity contribution in [1.29, 1.82) is 0 Å². The number of ether oxygens (including phenoxy) is 1. The van der Waals surface area contributed by atoms with Gasteiger partial charge in [0.15, 0.2) is 0 Å². The summed E-state index contributed by atoms with van der Waals surface area (Å²) < 4.78 is 36.5. The van der Waals surface area contributed by atoms with Gasteiger partial charge in [-0.25, -0.2) is 17.8 Å². The van der Waals surface area contributed by atoms with E-state index in [1.165, 1.54) is 10.9 Å². The van der Waals surface area contributed by atoms with Crippen molar-refractivity contribution in [3.8, 4) is 5.75 Å². The molecule has 2 aromatic rings. The maximum absolute atomic E-state index is 13.5. The summed E-state index contributed by atoms with van der Waals surface area (Å²) in [6.45, 7) is 7.97. The zero-order valence-corrected chi connectivity index (χ0v) is 29.2. The predicted octanol–water partition coefficient (Wildman–Crippen LogP) is -1.82. The number of carboxylic acid groups (broad SMARTS) is 1. The molecule has 0 saturated carbocycles. The third-order valence-electron chi connectivity index (χ3n) is 8.17. The van der Waals surface area contributed by atoms with E-state index in [-0.39, 0.29) is 49.0 Å². The average Bonchev–Trinajstić information content (AvgIpc) is 3.60. The molecule has 8 N–H and O–H groups in total. The van der Waals surface area contributed by atoms with Crippen LogP contribution in [0, 0.1) is 20.8 Å². The Hall–Kier alpha value is -5.27. The second kappa shape index (κ2) is 15.1. The van der Waals surface area contributed by atoms with Gasteiger partial charge in [-0.3, -0.25) is 29.0 Å². The molecule has 2 aliphatic rings. The lowest BCUT2D eigenvalue weighted by molar-refractivity contribution is -0.140. The zero-order chi connectivity index (χ0) is 37.0. The fourth-order valence-electron chi connectivity index (χ4n) is 5.74. The van der Waals surface area contributed by atoms with E-state index < -0.39 is 70.3 Å². The van der Waals surface area contributed by atoms with Gasteiger partial charge in [0.25, 0.3) is 10.0 Å². The van der Waals surface area contributed by atoms with Gasteiger partial charge in [-0.2, -0.15) is 0 Å². The van der Waals surface area contributed by atoms with Crippen molar-refractivity contribution in [2.45, 2.75) is 96.0 Å². The van der Waals surface area contributed by atoms with Crippen molar-refractivity contribution < 1.29 is 42.2 Å². The van der Waals surface area contributed by atoms with Gasteiger partial charge >= 0.3 is 5.97 Å². The molecule has 2 atom stereocenters. The molecule has 4 amide bonds. The number of sulfonamides is 1. The van der Waals surface area contributed by atoms with Crippen LogP contribution in [0.3, 0.4) is 0 Å². The minimum absolute atomic E-state index is 0.00733. The normalized spacial score (nSPS) is 20.1. The zero-order valence-electron chi connectivity index (χ0n) is 28.4. The number of nitrogens with zero attached hydrogens (tertiary/aromatic N) is 4. The Morgan fingerprint density at radius 3 is 2.42 bits per heavy atom. The molecule has 3 heterocycles. The Labute approximate surface area is 288 Å². The van der Waals surface area contributed by atoms with Crippen molar-refractivity contribution in [1.82, 2.24) is 41.0 Å². The Kier molecular flexibility index (Phi) is 11.3. The maximum atomic E-state index is 13.5. The number of benzene rings is 1. The van der Waals surface area contributed by atoms with Crippen LogP contribution in [0.1, 0.15) is 61.1 Å². The Morgan fingerprint density at radius 2 is 1.72 bits per heavy atom. The summed E-state index contributed by atoms with van der Waals surface area (Å²) in [5.74, 6) is -4.01. The molecule has 2 aliphatic heterocycles. The lowest BCUT2D eigenvalue weighted by Gasteiger charge is -2.20. The van der Waals surface area contributed by atoms with Gasteiger partial charge in [-0.15, -0.1) is 5.10 Å². The number of aliphatic imine (C=N–C) groups is 1. The number of carbonyl (C=O) groups excluding carboxylic acids is 4. The van der Waals surface area contributed by atoms with Crippen molar-refractivity contribution in [2.24, 2.45) is 10.7 Å². The fraction of sp³-hybridized carbons (Fsp3) is 0.533. The maximum Gasteiger partial charge on any atom is 0.305 e. The fourth-order valence-corrected chi connectivity index (χ4v) is 7.26. The van der Waals surface area contributed by atoms with E-state index in [1.807, 2.05) is 13.8 Å². The first-order valence-corrected chi connectivity index (χ1v) is 17.2. The van der Waals surface area contributed by atoms with Crippen LogP contribution in [0.15, 0.2) is 16.1 Å². The molecule has 272 valence electrons. The van der Waals surface area contributed by atoms with Gasteiger partial charge in [-0.1, -0.05) is 5.21 Å². The molecule has 2 bridgehead atoms. The molecule has 0 spiro atoms. The van der Waals surface area contributed by atoms with Crippen molar-refractivity contribution in [3.63, 3.8) is 0 Å². The summed E-state index contributed by atoms with van der Waals surface area (Å²) in [7, 11) is -4.14. The highest BCUT2D eigenvalue weighted by Crippen LogP contribution is 2.43. The monoisotopic (exact) mass is 718 g/mol. The number of rotatable bonds is 8. The predicted molar refractivity (Wildman–Crippen MR) is 176 cm³/mol. The highest BCUT2D eigenvalue weighted by molar-refractivity contribution is 7.90. The standard InChI is InChI=1S/C30H42N10O9S/c1-15-16(2)26(17(3)19-10-30(4,5)49-25(15)19)50(47,48)38-29(31)32-8-6-7-20-27(45)34-12-22(41)36-21(9-24(43)44)28(46)33-11-18-13-40(39-37-18)14-23(42)35-20/h13,20-21H,6-12,14H2,1-5H3,(H,33,46)(H,34,45)(H,35,42)(H,36,41)(H,43,44)(H3,31,32,38)/t20-,21-/m0/s1. The third kappa shape index (κ3) is 9.24. The second-order valence-corrected chi connectivity index (χ2v) is 14.4. The molecule has 0 fully saturated rings. The van der Waals surface area contributed by atoms with Crippen LogP contribution in [0.4, 0.5) is 0 Å². The van der Waals surface area contributed by atoms with Crippen molar-refractivity contribution >= 4 is 45.6 Å². The summed E-state index contributed by atoms with van der Waals surface area (Å²) in [6, 6.07) is -2.60. The van der Waals surface area contributed by atoms with Gasteiger partial charge in [0, 0.05) is 18.5 Å². The SMILES string of the molecule is Cc1c(C)c(S(=O)(=O)NC(N)=NCCC[C@@H]2NC(=O)Cn3cc(nn3)CNC(=O)[C@H](CC(=O)O)NC(=O)CNC2=O)c(C)c2c1OC(C)(C)C2. The molecule has 50 heavy (non-hydrogen) atoms. The van der Waals surface area contributed by atoms with Gasteiger partial charge in [0.1, 0.15) is 35.7 Å². The van der Waals surface area contributed by atoms with Gasteiger partial charge in [-0.05, 0) is 64.2 Å². The first-order chi connectivity index (χ1) is 23.4. The van der Waals surface area contributed by atoms with E-state index in [1.54, 1.807) is 20.8 Å². The van der Waals surface area contributed by atoms with E-state index in [0.29, 0.717) is 28.9 Å². The lowest BCUT2D eigenvalue weighted by Crippen LogP contribution is -2.53. The average molecular weight is 719 g/mol. The highest BCUT2D eigenvalue weighted by atomic mass is 32.2. The lowest BCUT2D eigenvalue weighted by atomic mass is 9.94. The van der Waals surface area contributed by atoms with E-state index in [9.17, 15) is 37.5 Å². The van der Waals surface area contributed by atoms with Crippen LogP contribution in [0.5, 0.6) is 5.75 Å². The summed E-state index contributed by atoms with van der Waals surface area (Å²) >= 11 is 0. The Bertz CT molecular complexity index is 1840. The quantitative estimate of drug-likeness (QED) is 0.0903. The molecule has 0 radical (unpaired) electrons. The summed E-state index contributed by atoms with van der Waals surface area (Å²) in [4.78, 5) is 66.4. The summed E-state index contributed by atoms with van der Waals surface area (Å²) in [6.07, 6.45) is 1.37. The third-order valence-corrected chi connectivity index (χ3v) is 9.80. The van der Waals surface area contributed by atoms with Gasteiger partial charge in [0.05, 0.1) is 30.6 Å². The molecule has 0 aliphatic carbocycles. The van der Waals surface area contributed by atoms with Crippen LogP contribution >= 0.6 is 0 Å². The molecular formula is C30H42N10O9S. The van der Waals surface area contributed by atoms with E-state index >= 15 is 0 Å². The molecule has 4 rings (SSSR count). The highest BCUT2D eigenvalue weighted by Gasteiger charge is 2.37. The number of fused-ring (bicyclic) bond motifs is 3. The van der Waals surface area contributed by atoms with E-state index in [0.717, 1.165) is 5.56 Å². The number of nitrogens with one attached hydrogen (secondary N) is 5. The molecule has 0 unspecified atom stereocenters. The van der Waals surface area contributed by atoms with Crippen LogP contribution in [-0.2, 0) is 53.5 Å². The number of guanidine groups is 1. The second-order valence-electron chi connectivity index (χ2n) is 12.7. The Morgan fingerprint density at radius 1 is 1.06 bits per heavy atom. The molecule has 19 nitrogen and oxygen atoms in total. The number of carbonyl (C=O) groups is 5. The number of amides is 4. The van der Waals surface area contributed by atoms with Crippen molar-refractivity contribution in [3.05, 3.63) is 34.1 Å². The first-order valence-electron chi connectivity index (χ1n) is 15.8. The van der Waals surface area contributed by atoms with E-state index in [2.05, 4.69) is 41.3 Å². The van der Waals surface area contributed by atoms with Crippen LogP contribution in [0.2, 0.25) is 0 Å². The number of hydrogen-bond acceptors (Lipinski definition) is 11. The van der Waals surface area contributed by atoms with Crippen molar-refractivity contribution in [2.75, 3.05) is 13.1 Å². The number of hydrogen-bond donors (Lipinski definition) is 7. The Balaban J connectivity index is 1.43.